The van der Waals surface area contributed by atoms with Crippen molar-refractivity contribution in [3.63, 3.8) is 0 Å². The van der Waals surface area contributed by atoms with Crippen LogP contribution in [0.2, 0.25) is 5.02 Å². The Kier molecular flexibility index (Phi) is 6.03. The lowest BCUT2D eigenvalue weighted by Crippen LogP contribution is -2.44. The molecule has 0 aliphatic rings. The Bertz CT molecular complexity index is 524. The molecule has 0 saturated heterocycles. The first-order valence-corrected chi connectivity index (χ1v) is 7.02. The lowest BCUT2D eigenvalue weighted by Gasteiger charge is -2.17. The van der Waals surface area contributed by atoms with Crippen LogP contribution in [0, 0.1) is 12.3 Å². The van der Waals surface area contributed by atoms with E-state index in [1.54, 1.807) is 18.2 Å². The van der Waals surface area contributed by atoms with Gasteiger partial charge >= 0.3 is 0 Å². The summed E-state index contributed by atoms with van der Waals surface area (Å²) in [5.41, 5.74) is 5.38. The molecule has 0 aliphatic carbocycles. The van der Waals surface area contributed by atoms with Gasteiger partial charge in [0.05, 0.1) is 0 Å². The molecule has 0 unspecified atom stereocenters. The molecular formula is C15H21ClN2O3. The molecule has 1 aromatic rings. The zero-order valence-corrected chi connectivity index (χ0v) is 13.5. The smallest absolute Gasteiger partial charge is 0.276 e. The first kappa shape index (κ1) is 17.3. The predicted octanol–water partition coefficient (Wildman–Crippen LogP) is 2.61. The first-order chi connectivity index (χ1) is 9.67. The summed E-state index contributed by atoms with van der Waals surface area (Å²) < 4.78 is 5.36. The van der Waals surface area contributed by atoms with Gasteiger partial charge in [0.1, 0.15) is 5.75 Å². The van der Waals surface area contributed by atoms with Crippen LogP contribution < -0.4 is 15.6 Å². The van der Waals surface area contributed by atoms with E-state index in [1.165, 1.54) is 0 Å². The maximum atomic E-state index is 11.6. The highest BCUT2D eigenvalue weighted by molar-refractivity contribution is 6.30. The second kappa shape index (κ2) is 7.31. The first-order valence-electron chi connectivity index (χ1n) is 6.64. The van der Waals surface area contributed by atoms with Crippen LogP contribution in [0.4, 0.5) is 0 Å². The Labute approximate surface area is 130 Å². The Morgan fingerprint density at radius 2 is 1.81 bits per heavy atom. The minimum atomic E-state index is -0.424. The number of amides is 2. The van der Waals surface area contributed by atoms with Crippen LogP contribution in [0.15, 0.2) is 18.2 Å². The van der Waals surface area contributed by atoms with E-state index in [0.717, 1.165) is 5.56 Å². The number of carbonyl (C=O) groups is 2. The van der Waals surface area contributed by atoms with Gasteiger partial charge in [0.25, 0.3) is 5.91 Å². The monoisotopic (exact) mass is 312 g/mol. The molecule has 5 nitrogen and oxygen atoms in total. The van der Waals surface area contributed by atoms with Gasteiger partial charge in [-0.3, -0.25) is 20.4 Å². The molecule has 116 valence electrons. The molecule has 0 spiro atoms. The summed E-state index contributed by atoms with van der Waals surface area (Å²) in [7, 11) is 0. The van der Waals surface area contributed by atoms with Gasteiger partial charge in [0.2, 0.25) is 5.91 Å². The minimum absolute atomic E-state index is 0.133. The molecule has 0 bridgehead atoms. The summed E-state index contributed by atoms with van der Waals surface area (Å²) in [4.78, 5) is 23.1. The van der Waals surface area contributed by atoms with Crippen molar-refractivity contribution in [1.82, 2.24) is 10.9 Å². The van der Waals surface area contributed by atoms with Gasteiger partial charge in [-0.25, -0.2) is 0 Å². The van der Waals surface area contributed by atoms with Gasteiger partial charge in [-0.05, 0) is 36.1 Å². The van der Waals surface area contributed by atoms with Gasteiger partial charge in [-0.15, -0.1) is 0 Å². The van der Waals surface area contributed by atoms with Crippen molar-refractivity contribution in [2.75, 3.05) is 6.61 Å². The molecule has 0 heterocycles. The summed E-state index contributed by atoms with van der Waals surface area (Å²) >= 11 is 5.83. The van der Waals surface area contributed by atoms with E-state index in [9.17, 15) is 9.59 Å². The van der Waals surface area contributed by atoms with E-state index in [-0.39, 0.29) is 17.9 Å². The molecule has 0 fully saturated rings. The van der Waals surface area contributed by atoms with E-state index < -0.39 is 5.91 Å². The Hall–Kier alpha value is -1.75. The highest BCUT2D eigenvalue weighted by Gasteiger charge is 2.16. The molecular weight excluding hydrogens is 292 g/mol. The van der Waals surface area contributed by atoms with Crippen molar-refractivity contribution >= 4 is 23.4 Å². The van der Waals surface area contributed by atoms with Crippen molar-refractivity contribution in [1.29, 1.82) is 0 Å². The summed E-state index contributed by atoms with van der Waals surface area (Å²) in [6, 6.07) is 5.13. The van der Waals surface area contributed by atoms with Crippen LogP contribution in [-0.2, 0) is 9.59 Å². The molecule has 21 heavy (non-hydrogen) atoms. The number of hydrogen-bond acceptors (Lipinski definition) is 3. The summed E-state index contributed by atoms with van der Waals surface area (Å²) in [5.74, 6) is -0.0827. The molecule has 6 heteroatoms. The molecule has 1 rings (SSSR count). The quantitative estimate of drug-likeness (QED) is 0.840. The maximum absolute atomic E-state index is 11.6. The lowest BCUT2D eigenvalue weighted by molar-refractivity contribution is -0.130. The molecule has 0 radical (unpaired) electrons. The predicted molar refractivity (Wildman–Crippen MR) is 82.0 cm³/mol. The SMILES string of the molecule is Cc1cc(Cl)ccc1OCC(=O)NNC(=O)CC(C)(C)C. The van der Waals surface area contributed by atoms with E-state index in [1.807, 2.05) is 27.7 Å². The van der Waals surface area contributed by atoms with E-state index in [0.29, 0.717) is 17.2 Å². The van der Waals surface area contributed by atoms with Gasteiger partial charge < -0.3 is 4.74 Å². The summed E-state index contributed by atoms with van der Waals surface area (Å²) in [5, 5.41) is 0.610. The van der Waals surface area contributed by atoms with Crippen LogP contribution >= 0.6 is 11.6 Å². The number of hydrogen-bond donors (Lipinski definition) is 2. The highest BCUT2D eigenvalue weighted by Crippen LogP contribution is 2.21. The third-order valence-corrected chi connectivity index (χ3v) is 2.76. The van der Waals surface area contributed by atoms with Crippen LogP contribution in [0.5, 0.6) is 5.75 Å². The standard InChI is InChI=1S/C15H21ClN2O3/c1-10-7-11(16)5-6-12(10)21-9-14(20)18-17-13(19)8-15(2,3)4/h5-7H,8-9H2,1-4H3,(H,17,19)(H,18,20). The second-order valence-corrected chi connectivity index (χ2v) is 6.47. The van der Waals surface area contributed by atoms with Gasteiger partial charge in [0, 0.05) is 11.4 Å². The van der Waals surface area contributed by atoms with Crippen molar-refractivity contribution in [2.45, 2.75) is 34.1 Å². The van der Waals surface area contributed by atoms with Crippen LogP contribution in [0.1, 0.15) is 32.8 Å². The Morgan fingerprint density at radius 1 is 1.19 bits per heavy atom. The average Bonchev–Trinajstić information content (AvgIpc) is 2.33. The Balaban J connectivity index is 2.36. The fourth-order valence-electron chi connectivity index (χ4n) is 1.62. The summed E-state index contributed by atoms with van der Waals surface area (Å²) in [6.45, 7) is 7.49. The molecule has 2 N–H and O–H groups in total. The zero-order chi connectivity index (χ0) is 16.0. The number of hydrazine groups is 1. The Morgan fingerprint density at radius 3 is 2.38 bits per heavy atom. The average molecular weight is 313 g/mol. The van der Waals surface area contributed by atoms with E-state index in [2.05, 4.69) is 10.9 Å². The molecule has 2 amide bonds. The number of ether oxygens (including phenoxy) is 1. The van der Waals surface area contributed by atoms with Crippen LogP contribution in [0.3, 0.4) is 0 Å². The molecule has 1 aromatic carbocycles. The highest BCUT2D eigenvalue weighted by atomic mass is 35.5. The topological polar surface area (TPSA) is 67.4 Å². The van der Waals surface area contributed by atoms with Gasteiger partial charge in [-0.1, -0.05) is 32.4 Å². The molecule has 0 aromatic heterocycles. The van der Waals surface area contributed by atoms with Crippen LogP contribution in [0.25, 0.3) is 0 Å². The minimum Gasteiger partial charge on any atom is -0.483 e. The number of benzene rings is 1. The largest absolute Gasteiger partial charge is 0.483 e. The number of nitrogens with one attached hydrogen (secondary N) is 2. The third-order valence-electron chi connectivity index (χ3n) is 2.53. The van der Waals surface area contributed by atoms with Crippen molar-refractivity contribution in [3.8, 4) is 5.75 Å². The molecule has 0 atom stereocenters. The normalized spacial score (nSPS) is 10.9. The van der Waals surface area contributed by atoms with E-state index >= 15 is 0 Å². The fraction of sp³-hybridized carbons (Fsp3) is 0.467. The van der Waals surface area contributed by atoms with Crippen molar-refractivity contribution in [3.05, 3.63) is 28.8 Å². The fourth-order valence-corrected chi connectivity index (χ4v) is 1.85. The lowest BCUT2D eigenvalue weighted by atomic mass is 9.92. The van der Waals surface area contributed by atoms with Crippen LogP contribution in [-0.4, -0.2) is 18.4 Å². The second-order valence-electron chi connectivity index (χ2n) is 6.03. The number of rotatable bonds is 4. The number of carbonyl (C=O) groups excluding carboxylic acids is 2. The molecule has 0 saturated carbocycles. The number of halogens is 1. The van der Waals surface area contributed by atoms with Gasteiger partial charge in [0.15, 0.2) is 6.61 Å². The summed E-state index contributed by atoms with van der Waals surface area (Å²) in [6.07, 6.45) is 0.324. The third kappa shape index (κ3) is 6.99. The maximum Gasteiger partial charge on any atom is 0.276 e. The van der Waals surface area contributed by atoms with Gasteiger partial charge in [-0.2, -0.15) is 0 Å². The van der Waals surface area contributed by atoms with E-state index in [4.69, 9.17) is 16.3 Å². The number of aryl methyl sites for hydroxylation is 1. The zero-order valence-electron chi connectivity index (χ0n) is 12.7. The van der Waals surface area contributed by atoms with Crippen molar-refractivity contribution < 1.29 is 14.3 Å². The van der Waals surface area contributed by atoms with Crippen molar-refractivity contribution in [2.24, 2.45) is 5.41 Å². The molecule has 0 aliphatic heterocycles.